The SMILES string of the molecule is COC(=O)C(OC(=O)c1cccc(CS(C)(=O)=O)c1)c1ccccc1. The van der Waals surface area contributed by atoms with Crippen LogP contribution in [0.5, 0.6) is 0 Å². The molecular formula is C18H18O6S. The fraction of sp³-hybridized carbons (Fsp3) is 0.222. The molecule has 0 saturated heterocycles. The van der Waals surface area contributed by atoms with Crippen LogP contribution in [0.1, 0.15) is 27.6 Å². The molecular weight excluding hydrogens is 344 g/mol. The first kappa shape index (κ1) is 18.7. The average Bonchev–Trinajstić information content (AvgIpc) is 2.58. The normalized spacial score (nSPS) is 12.2. The molecule has 2 aromatic carbocycles. The molecule has 0 fully saturated rings. The summed E-state index contributed by atoms with van der Waals surface area (Å²) in [6.07, 6.45) is -0.0852. The zero-order valence-electron chi connectivity index (χ0n) is 13.8. The number of ether oxygens (including phenoxy) is 2. The molecule has 0 heterocycles. The molecule has 7 heteroatoms. The first-order valence-electron chi connectivity index (χ1n) is 7.40. The van der Waals surface area contributed by atoms with Crippen LogP contribution in [0.15, 0.2) is 54.6 Å². The van der Waals surface area contributed by atoms with Crippen LogP contribution in [0.2, 0.25) is 0 Å². The second-order valence-corrected chi connectivity index (χ2v) is 7.63. The zero-order valence-corrected chi connectivity index (χ0v) is 14.7. The van der Waals surface area contributed by atoms with Crippen molar-refractivity contribution in [3.05, 3.63) is 71.3 Å². The van der Waals surface area contributed by atoms with Gasteiger partial charge in [0.15, 0.2) is 9.84 Å². The van der Waals surface area contributed by atoms with Gasteiger partial charge in [-0.25, -0.2) is 18.0 Å². The minimum absolute atomic E-state index is 0.158. The van der Waals surface area contributed by atoms with Crippen molar-refractivity contribution in [1.29, 1.82) is 0 Å². The van der Waals surface area contributed by atoms with E-state index in [9.17, 15) is 18.0 Å². The largest absolute Gasteiger partial charge is 0.466 e. The van der Waals surface area contributed by atoms with Crippen molar-refractivity contribution in [2.24, 2.45) is 0 Å². The molecule has 0 aliphatic carbocycles. The molecule has 25 heavy (non-hydrogen) atoms. The van der Waals surface area contributed by atoms with Gasteiger partial charge in [-0.3, -0.25) is 0 Å². The highest BCUT2D eigenvalue weighted by Crippen LogP contribution is 2.21. The molecule has 1 unspecified atom stereocenters. The van der Waals surface area contributed by atoms with Gasteiger partial charge < -0.3 is 9.47 Å². The van der Waals surface area contributed by atoms with Gasteiger partial charge in [0.25, 0.3) is 0 Å². The number of carbonyl (C=O) groups is 2. The van der Waals surface area contributed by atoms with Gasteiger partial charge in [-0.2, -0.15) is 0 Å². The van der Waals surface area contributed by atoms with E-state index in [2.05, 4.69) is 0 Å². The predicted octanol–water partition coefficient (Wildman–Crippen LogP) is 2.30. The lowest BCUT2D eigenvalue weighted by atomic mass is 10.1. The molecule has 2 rings (SSSR count). The third kappa shape index (κ3) is 5.42. The number of sulfone groups is 1. The minimum Gasteiger partial charge on any atom is -0.466 e. The fourth-order valence-corrected chi connectivity index (χ4v) is 3.04. The summed E-state index contributed by atoms with van der Waals surface area (Å²) in [7, 11) is -2.02. The maximum absolute atomic E-state index is 12.4. The Balaban J connectivity index is 2.24. The van der Waals surface area contributed by atoms with E-state index >= 15 is 0 Å². The average molecular weight is 362 g/mol. The molecule has 132 valence electrons. The molecule has 0 bridgehead atoms. The second-order valence-electron chi connectivity index (χ2n) is 5.49. The van der Waals surface area contributed by atoms with Crippen LogP contribution < -0.4 is 0 Å². The standard InChI is InChI=1S/C18H18O6S/c1-23-18(20)16(14-8-4-3-5-9-14)24-17(19)15-10-6-7-13(11-15)12-25(2,21)22/h3-11,16H,12H2,1-2H3. The van der Waals surface area contributed by atoms with Crippen molar-refractivity contribution in [3.8, 4) is 0 Å². The van der Waals surface area contributed by atoms with Gasteiger partial charge in [0.2, 0.25) is 6.10 Å². The van der Waals surface area contributed by atoms with Crippen LogP contribution in [-0.4, -0.2) is 33.7 Å². The summed E-state index contributed by atoms with van der Waals surface area (Å²) < 4.78 is 32.8. The van der Waals surface area contributed by atoms with Crippen LogP contribution in [0.3, 0.4) is 0 Å². The van der Waals surface area contributed by atoms with E-state index in [1.165, 1.54) is 19.2 Å². The molecule has 0 saturated carbocycles. The number of hydrogen-bond donors (Lipinski definition) is 0. The molecule has 6 nitrogen and oxygen atoms in total. The van der Waals surface area contributed by atoms with E-state index in [0.29, 0.717) is 11.1 Å². The second kappa shape index (κ2) is 7.94. The Hall–Kier alpha value is -2.67. The van der Waals surface area contributed by atoms with Crippen molar-refractivity contribution in [1.82, 2.24) is 0 Å². The quantitative estimate of drug-likeness (QED) is 0.733. The Labute approximate surface area is 146 Å². The molecule has 0 aliphatic rings. The summed E-state index contributed by atoms with van der Waals surface area (Å²) >= 11 is 0. The van der Waals surface area contributed by atoms with E-state index in [-0.39, 0.29) is 11.3 Å². The summed E-state index contributed by atoms with van der Waals surface area (Å²) in [5.74, 6) is -1.63. The fourth-order valence-electron chi connectivity index (χ4n) is 2.25. The van der Waals surface area contributed by atoms with Gasteiger partial charge >= 0.3 is 11.9 Å². The highest BCUT2D eigenvalue weighted by atomic mass is 32.2. The molecule has 0 aliphatic heterocycles. The number of hydrogen-bond acceptors (Lipinski definition) is 6. The Morgan fingerprint density at radius 2 is 1.72 bits per heavy atom. The molecule has 0 radical (unpaired) electrons. The molecule has 0 N–H and O–H groups in total. The summed E-state index contributed by atoms with van der Waals surface area (Å²) in [6.45, 7) is 0. The Morgan fingerprint density at radius 1 is 1.04 bits per heavy atom. The van der Waals surface area contributed by atoms with Crippen LogP contribution in [0, 0.1) is 0 Å². The van der Waals surface area contributed by atoms with E-state index in [1.807, 2.05) is 0 Å². The summed E-state index contributed by atoms with van der Waals surface area (Å²) in [6, 6.07) is 14.6. The van der Waals surface area contributed by atoms with Crippen molar-refractivity contribution in [2.75, 3.05) is 13.4 Å². The van der Waals surface area contributed by atoms with Crippen LogP contribution >= 0.6 is 0 Å². The van der Waals surface area contributed by atoms with E-state index in [1.54, 1.807) is 42.5 Å². The van der Waals surface area contributed by atoms with E-state index in [0.717, 1.165) is 6.26 Å². The van der Waals surface area contributed by atoms with Crippen LogP contribution in [0.4, 0.5) is 0 Å². The molecule has 0 amide bonds. The lowest BCUT2D eigenvalue weighted by molar-refractivity contribution is -0.151. The lowest BCUT2D eigenvalue weighted by Gasteiger charge is -2.16. The number of esters is 2. The third-order valence-electron chi connectivity index (χ3n) is 3.33. The Morgan fingerprint density at radius 3 is 2.32 bits per heavy atom. The van der Waals surface area contributed by atoms with Crippen molar-refractivity contribution < 1.29 is 27.5 Å². The first-order chi connectivity index (χ1) is 11.8. The van der Waals surface area contributed by atoms with Crippen molar-refractivity contribution >= 4 is 21.8 Å². The zero-order chi connectivity index (χ0) is 18.4. The molecule has 0 spiro atoms. The molecule has 2 aromatic rings. The van der Waals surface area contributed by atoms with Gasteiger partial charge in [0, 0.05) is 11.8 Å². The number of benzene rings is 2. The van der Waals surface area contributed by atoms with Crippen LogP contribution in [-0.2, 0) is 29.9 Å². The maximum Gasteiger partial charge on any atom is 0.351 e. The predicted molar refractivity (Wildman–Crippen MR) is 91.6 cm³/mol. The minimum atomic E-state index is -3.23. The van der Waals surface area contributed by atoms with Gasteiger partial charge in [0.05, 0.1) is 18.4 Å². The van der Waals surface area contributed by atoms with Crippen molar-refractivity contribution in [2.45, 2.75) is 11.9 Å². The van der Waals surface area contributed by atoms with Crippen molar-refractivity contribution in [3.63, 3.8) is 0 Å². The molecule has 1 atom stereocenters. The monoisotopic (exact) mass is 362 g/mol. The highest BCUT2D eigenvalue weighted by Gasteiger charge is 2.26. The first-order valence-corrected chi connectivity index (χ1v) is 9.46. The number of methoxy groups -OCH3 is 1. The Kier molecular flexibility index (Phi) is 5.93. The topological polar surface area (TPSA) is 86.7 Å². The summed E-state index contributed by atoms with van der Waals surface area (Å²) in [5.41, 5.74) is 1.10. The van der Waals surface area contributed by atoms with E-state index < -0.39 is 27.9 Å². The van der Waals surface area contributed by atoms with Gasteiger partial charge in [-0.15, -0.1) is 0 Å². The Bertz CT molecular complexity index is 858. The maximum atomic E-state index is 12.4. The smallest absolute Gasteiger partial charge is 0.351 e. The molecule has 0 aromatic heterocycles. The van der Waals surface area contributed by atoms with Gasteiger partial charge in [-0.1, -0.05) is 42.5 Å². The van der Waals surface area contributed by atoms with Crippen LogP contribution in [0.25, 0.3) is 0 Å². The summed E-state index contributed by atoms with van der Waals surface area (Å²) in [5, 5.41) is 0. The van der Waals surface area contributed by atoms with E-state index in [4.69, 9.17) is 9.47 Å². The number of rotatable bonds is 6. The number of carbonyl (C=O) groups excluding carboxylic acids is 2. The summed E-state index contributed by atoms with van der Waals surface area (Å²) in [4.78, 5) is 24.3. The lowest BCUT2D eigenvalue weighted by Crippen LogP contribution is -2.21. The van der Waals surface area contributed by atoms with Gasteiger partial charge in [0.1, 0.15) is 0 Å². The van der Waals surface area contributed by atoms with Gasteiger partial charge in [-0.05, 0) is 17.7 Å². The highest BCUT2D eigenvalue weighted by molar-refractivity contribution is 7.89. The third-order valence-corrected chi connectivity index (χ3v) is 4.19.